The second-order valence-corrected chi connectivity index (χ2v) is 6.49. The van der Waals surface area contributed by atoms with Gasteiger partial charge in [-0.1, -0.05) is 24.0 Å². The van der Waals surface area contributed by atoms with E-state index in [0.29, 0.717) is 35.7 Å². The number of aliphatic hydroxyl groups is 1. The van der Waals surface area contributed by atoms with E-state index in [1.165, 1.54) is 4.90 Å². The van der Waals surface area contributed by atoms with Gasteiger partial charge in [-0.3, -0.25) is 9.78 Å². The maximum Gasteiger partial charge on any atom is 0.267 e. The predicted octanol–water partition coefficient (Wildman–Crippen LogP) is 1.22. The van der Waals surface area contributed by atoms with Crippen LogP contribution in [0.1, 0.15) is 12.0 Å². The number of fused-ring (bicyclic) bond motifs is 1. The average molecular weight is 359 g/mol. The Morgan fingerprint density at radius 3 is 2.93 bits per heavy atom. The van der Waals surface area contributed by atoms with Crippen LogP contribution in [0.5, 0.6) is 0 Å². The molecule has 0 aliphatic carbocycles. The van der Waals surface area contributed by atoms with Crippen molar-refractivity contribution in [2.45, 2.75) is 12.0 Å². The van der Waals surface area contributed by atoms with Crippen LogP contribution >= 0.6 is 0 Å². The number of amides is 1. The lowest BCUT2D eigenvalue weighted by Crippen LogP contribution is -2.37. The van der Waals surface area contributed by atoms with Gasteiger partial charge in [-0.25, -0.2) is 9.97 Å². The number of aromatic nitrogens is 3. The Morgan fingerprint density at radius 1 is 1.30 bits per heavy atom. The topological polar surface area (TPSA) is 105 Å². The zero-order valence-electron chi connectivity index (χ0n) is 14.7. The minimum Gasteiger partial charge on any atom is -0.383 e. The van der Waals surface area contributed by atoms with Crippen LogP contribution in [0.3, 0.4) is 0 Å². The van der Waals surface area contributed by atoms with Crippen molar-refractivity contribution >= 4 is 22.6 Å². The Bertz CT molecular complexity index is 1120. The lowest BCUT2D eigenvalue weighted by Gasteiger charge is -2.13. The third kappa shape index (κ3) is 3.07. The van der Waals surface area contributed by atoms with Gasteiger partial charge in [0, 0.05) is 42.7 Å². The van der Waals surface area contributed by atoms with Gasteiger partial charge in [0.2, 0.25) is 5.60 Å². The number of rotatable bonds is 1. The minimum atomic E-state index is -1.62. The summed E-state index contributed by atoms with van der Waals surface area (Å²) >= 11 is 0. The molecule has 1 fully saturated rings. The Morgan fingerprint density at radius 2 is 2.15 bits per heavy atom. The number of nitrogens with zero attached hydrogens (tertiary/aromatic N) is 4. The number of pyridine rings is 1. The third-order valence-corrected chi connectivity index (χ3v) is 4.57. The summed E-state index contributed by atoms with van der Waals surface area (Å²) in [4.78, 5) is 26.5. The summed E-state index contributed by atoms with van der Waals surface area (Å²) in [5.74, 6) is 6.08. The Balaban J connectivity index is 1.70. The molecule has 3 aromatic rings. The van der Waals surface area contributed by atoms with Crippen LogP contribution in [-0.4, -0.2) is 50.1 Å². The fraction of sp³-hybridized carbons (Fsp3) is 0.200. The number of nitrogens with two attached hydrogens (primary N) is 1. The van der Waals surface area contributed by atoms with Crippen LogP contribution in [-0.2, 0) is 4.79 Å². The van der Waals surface area contributed by atoms with E-state index in [1.807, 2.05) is 12.1 Å². The number of carbonyl (C=O) groups excluding carboxylic acids is 1. The van der Waals surface area contributed by atoms with Gasteiger partial charge in [0.15, 0.2) is 5.82 Å². The molecule has 27 heavy (non-hydrogen) atoms. The fourth-order valence-electron chi connectivity index (χ4n) is 3.02. The molecule has 1 aromatic carbocycles. The minimum absolute atomic E-state index is 0.298. The Hall–Kier alpha value is -3.50. The molecule has 3 N–H and O–H groups in total. The van der Waals surface area contributed by atoms with E-state index in [-0.39, 0.29) is 5.91 Å². The van der Waals surface area contributed by atoms with Crippen molar-refractivity contribution < 1.29 is 9.90 Å². The van der Waals surface area contributed by atoms with E-state index in [0.717, 1.165) is 10.9 Å². The predicted molar refractivity (Wildman–Crippen MR) is 101 cm³/mol. The molecule has 7 heteroatoms. The van der Waals surface area contributed by atoms with Crippen LogP contribution in [0.4, 0.5) is 5.82 Å². The maximum atomic E-state index is 12.0. The molecule has 0 bridgehead atoms. The van der Waals surface area contributed by atoms with Crippen molar-refractivity contribution in [1.82, 2.24) is 19.9 Å². The average Bonchev–Trinajstić information content (AvgIpc) is 2.95. The highest BCUT2D eigenvalue weighted by Crippen LogP contribution is 2.24. The number of anilines is 1. The summed E-state index contributed by atoms with van der Waals surface area (Å²) in [5, 5.41) is 11.2. The molecule has 2 aromatic heterocycles. The second kappa shape index (κ2) is 6.34. The number of likely N-dealkylation sites (tertiary alicyclic amines) is 1. The summed E-state index contributed by atoms with van der Waals surface area (Å²) in [6.45, 7) is 0.488. The molecule has 134 valence electrons. The zero-order valence-corrected chi connectivity index (χ0v) is 14.7. The number of likely N-dealkylation sites (N-methyl/N-ethyl adjacent to an activating group) is 1. The highest BCUT2D eigenvalue weighted by Gasteiger charge is 2.42. The molecule has 1 aliphatic rings. The van der Waals surface area contributed by atoms with Crippen molar-refractivity contribution in [2.24, 2.45) is 0 Å². The summed E-state index contributed by atoms with van der Waals surface area (Å²) in [5.41, 5.74) is 6.46. The first kappa shape index (κ1) is 16.9. The molecule has 1 saturated heterocycles. The van der Waals surface area contributed by atoms with Crippen molar-refractivity contribution in [3.8, 4) is 23.2 Å². The summed E-state index contributed by atoms with van der Waals surface area (Å²) in [6.07, 6.45) is 3.58. The normalized spacial score (nSPS) is 19.2. The van der Waals surface area contributed by atoms with Gasteiger partial charge in [0.25, 0.3) is 5.91 Å². The molecule has 7 nitrogen and oxygen atoms in total. The molecule has 1 atom stereocenters. The number of benzene rings is 1. The maximum absolute atomic E-state index is 12.0. The smallest absolute Gasteiger partial charge is 0.267 e. The first-order chi connectivity index (χ1) is 13.0. The zero-order chi connectivity index (χ0) is 19.0. The number of hydrogen-bond acceptors (Lipinski definition) is 6. The van der Waals surface area contributed by atoms with E-state index >= 15 is 0 Å². The van der Waals surface area contributed by atoms with Gasteiger partial charge in [0.1, 0.15) is 5.82 Å². The van der Waals surface area contributed by atoms with Gasteiger partial charge < -0.3 is 15.7 Å². The quantitative estimate of drug-likeness (QED) is 0.633. The van der Waals surface area contributed by atoms with Crippen molar-refractivity contribution in [1.29, 1.82) is 0 Å². The third-order valence-electron chi connectivity index (χ3n) is 4.57. The molecule has 0 unspecified atom stereocenters. The molecule has 1 aliphatic heterocycles. The lowest BCUT2D eigenvalue weighted by molar-refractivity contribution is -0.137. The van der Waals surface area contributed by atoms with Gasteiger partial charge in [0.05, 0.1) is 11.7 Å². The van der Waals surface area contributed by atoms with Gasteiger partial charge in [-0.15, -0.1) is 0 Å². The number of nitrogen functional groups attached to an aromatic ring is 1. The van der Waals surface area contributed by atoms with Crippen molar-refractivity contribution in [3.05, 3.63) is 48.3 Å². The summed E-state index contributed by atoms with van der Waals surface area (Å²) in [6, 6.07) is 9.04. The lowest BCUT2D eigenvalue weighted by atomic mass is 10.0. The molecule has 1 amide bonds. The largest absolute Gasteiger partial charge is 0.383 e. The summed E-state index contributed by atoms with van der Waals surface area (Å²) < 4.78 is 0. The summed E-state index contributed by atoms with van der Waals surface area (Å²) in [7, 11) is 1.65. The van der Waals surface area contributed by atoms with Crippen molar-refractivity contribution in [2.75, 3.05) is 19.3 Å². The van der Waals surface area contributed by atoms with E-state index < -0.39 is 5.60 Å². The SMILES string of the molecule is CN1CC[C@@](O)(C#Cc2cccc(-c3nc(N)c4ccncc4n3)c2)C1=O. The van der Waals surface area contributed by atoms with Crippen LogP contribution in [0, 0.1) is 11.8 Å². The van der Waals surface area contributed by atoms with Crippen LogP contribution < -0.4 is 5.73 Å². The number of carbonyl (C=O) groups is 1. The second-order valence-electron chi connectivity index (χ2n) is 6.49. The molecule has 0 radical (unpaired) electrons. The van der Waals surface area contributed by atoms with Gasteiger partial charge in [-0.05, 0) is 18.2 Å². The molecule has 0 saturated carbocycles. The monoisotopic (exact) mass is 359 g/mol. The first-order valence-corrected chi connectivity index (χ1v) is 8.45. The van der Waals surface area contributed by atoms with E-state index in [2.05, 4.69) is 26.8 Å². The fourth-order valence-corrected chi connectivity index (χ4v) is 3.02. The van der Waals surface area contributed by atoms with Gasteiger partial charge >= 0.3 is 0 Å². The highest BCUT2D eigenvalue weighted by atomic mass is 16.3. The van der Waals surface area contributed by atoms with Gasteiger partial charge in [-0.2, -0.15) is 0 Å². The molecule has 4 rings (SSSR count). The van der Waals surface area contributed by atoms with Crippen LogP contribution in [0.2, 0.25) is 0 Å². The standard InChI is InChI=1S/C20H17N5O2/c1-25-10-8-20(27,19(25)26)7-5-13-3-2-4-14(11-13)18-23-16-12-22-9-6-15(16)17(21)24-18/h2-4,6,9,11-12,27H,8,10H2,1H3,(H2,21,23,24)/t20-/m0/s1. The van der Waals surface area contributed by atoms with E-state index in [1.54, 1.807) is 37.6 Å². The Kier molecular flexibility index (Phi) is 3.98. The molecular weight excluding hydrogens is 342 g/mol. The highest BCUT2D eigenvalue weighted by molar-refractivity contribution is 5.90. The first-order valence-electron chi connectivity index (χ1n) is 8.45. The van der Waals surface area contributed by atoms with E-state index in [4.69, 9.17) is 5.73 Å². The van der Waals surface area contributed by atoms with Crippen LogP contribution in [0.25, 0.3) is 22.3 Å². The van der Waals surface area contributed by atoms with E-state index in [9.17, 15) is 9.90 Å². The van der Waals surface area contributed by atoms with Crippen molar-refractivity contribution in [3.63, 3.8) is 0 Å². The van der Waals surface area contributed by atoms with Crippen LogP contribution in [0.15, 0.2) is 42.7 Å². The molecule has 0 spiro atoms. The number of hydrogen-bond donors (Lipinski definition) is 2. The molecule has 3 heterocycles. The molecular formula is C20H17N5O2. The Labute approximate surface area is 155 Å².